The summed E-state index contributed by atoms with van der Waals surface area (Å²) in [7, 11) is 0. The fourth-order valence-electron chi connectivity index (χ4n) is 2.59. The van der Waals surface area contributed by atoms with Crippen molar-refractivity contribution in [1.29, 1.82) is 0 Å². The van der Waals surface area contributed by atoms with E-state index in [9.17, 15) is 10.1 Å². The van der Waals surface area contributed by atoms with Crippen LogP contribution in [0.1, 0.15) is 11.5 Å². The molecule has 0 amide bonds. The number of non-ortho nitro benzene ring substituents is 1. The van der Waals surface area contributed by atoms with Gasteiger partial charge in [0, 0.05) is 25.2 Å². The zero-order valence-electron chi connectivity index (χ0n) is 13.3. The van der Waals surface area contributed by atoms with Crippen molar-refractivity contribution in [3.8, 4) is 0 Å². The first-order valence-corrected chi connectivity index (χ1v) is 8.53. The molecule has 0 radical (unpaired) electrons. The molecule has 0 spiro atoms. The average Bonchev–Trinajstić information content (AvgIpc) is 3.02. The van der Waals surface area contributed by atoms with Crippen molar-refractivity contribution in [3.63, 3.8) is 0 Å². The van der Waals surface area contributed by atoms with Gasteiger partial charge in [-0.1, -0.05) is 23.2 Å². The van der Waals surface area contributed by atoms with Crippen LogP contribution in [0.25, 0.3) is 0 Å². The normalized spacial score (nSPS) is 15.3. The summed E-state index contributed by atoms with van der Waals surface area (Å²) in [6.45, 7) is 4.38. The summed E-state index contributed by atoms with van der Waals surface area (Å²) in [6.07, 6.45) is 0. The van der Waals surface area contributed by atoms with Crippen molar-refractivity contribution >= 4 is 34.6 Å². The van der Waals surface area contributed by atoms with E-state index in [-0.39, 0.29) is 15.7 Å². The van der Waals surface area contributed by atoms with Gasteiger partial charge in [-0.25, -0.2) is 0 Å². The third-order valence-corrected chi connectivity index (χ3v) is 4.47. The third kappa shape index (κ3) is 4.64. The predicted octanol–water partition coefficient (Wildman–Crippen LogP) is 3.94. The van der Waals surface area contributed by atoms with E-state index in [0.29, 0.717) is 12.2 Å². The molecule has 1 N–H and O–H groups in total. The Kier molecular flexibility index (Phi) is 5.80. The molecular weight excluding hydrogens is 369 g/mol. The number of nitrogens with zero attached hydrogens (tertiary/aromatic N) is 2. The van der Waals surface area contributed by atoms with Crippen LogP contribution in [0.15, 0.2) is 28.7 Å². The zero-order chi connectivity index (χ0) is 17.8. The first-order chi connectivity index (χ1) is 12.0. The van der Waals surface area contributed by atoms with Gasteiger partial charge in [0.1, 0.15) is 11.5 Å². The molecule has 0 aliphatic carbocycles. The molecule has 25 heavy (non-hydrogen) atoms. The summed E-state index contributed by atoms with van der Waals surface area (Å²) in [5.41, 5.74) is 0.298. The maximum absolute atomic E-state index is 10.8. The summed E-state index contributed by atoms with van der Waals surface area (Å²) in [6, 6.07) is 6.35. The van der Waals surface area contributed by atoms with Crippen LogP contribution in [-0.2, 0) is 17.8 Å². The van der Waals surface area contributed by atoms with Gasteiger partial charge in [0.05, 0.1) is 47.0 Å². The largest absolute Gasteiger partial charge is 0.463 e. The number of halogens is 2. The standard InChI is InChI=1S/C16H17Cl2N3O4/c17-14-7-11(21(22)23)8-15(18)16(14)19-9-12-1-2-13(25-12)10-20-3-5-24-6-4-20/h1-2,7-8,19H,3-6,9-10H2. The summed E-state index contributed by atoms with van der Waals surface area (Å²) in [5, 5.41) is 14.3. The van der Waals surface area contributed by atoms with Gasteiger partial charge in [0.2, 0.25) is 0 Å². The molecule has 1 saturated heterocycles. The first-order valence-electron chi connectivity index (χ1n) is 7.78. The lowest BCUT2D eigenvalue weighted by Gasteiger charge is -2.25. The van der Waals surface area contributed by atoms with E-state index in [1.807, 2.05) is 12.1 Å². The molecule has 9 heteroatoms. The summed E-state index contributed by atoms with van der Waals surface area (Å²) >= 11 is 12.2. The van der Waals surface area contributed by atoms with Gasteiger partial charge in [0.25, 0.3) is 5.69 Å². The van der Waals surface area contributed by atoms with E-state index < -0.39 is 4.92 Å². The number of nitro benzene ring substituents is 1. The molecule has 1 fully saturated rings. The van der Waals surface area contributed by atoms with E-state index >= 15 is 0 Å². The average molecular weight is 386 g/mol. The molecule has 0 atom stereocenters. The quantitative estimate of drug-likeness (QED) is 0.598. The van der Waals surface area contributed by atoms with Gasteiger partial charge in [-0.05, 0) is 12.1 Å². The number of hydrogen-bond acceptors (Lipinski definition) is 6. The van der Waals surface area contributed by atoms with Crippen molar-refractivity contribution < 1.29 is 14.1 Å². The summed E-state index contributed by atoms with van der Waals surface area (Å²) < 4.78 is 11.1. The second-order valence-corrected chi connectivity index (χ2v) is 6.47. The van der Waals surface area contributed by atoms with E-state index in [2.05, 4.69) is 10.2 Å². The molecule has 1 aliphatic rings. The van der Waals surface area contributed by atoms with Gasteiger partial charge in [-0.15, -0.1) is 0 Å². The highest BCUT2D eigenvalue weighted by atomic mass is 35.5. The second kappa shape index (κ2) is 8.05. The highest BCUT2D eigenvalue weighted by Gasteiger charge is 2.16. The van der Waals surface area contributed by atoms with Crippen molar-refractivity contribution in [3.05, 3.63) is 55.9 Å². The summed E-state index contributed by atoms with van der Waals surface area (Å²) in [5.74, 6) is 1.60. The van der Waals surface area contributed by atoms with Crippen molar-refractivity contribution in [1.82, 2.24) is 4.90 Å². The molecule has 3 rings (SSSR count). The fraction of sp³-hybridized carbons (Fsp3) is 0.375. The van der Waals surface area contributed by atoms with E-state index in [0.717, 1.165) is 44.4 Å². The first kappa shape index (κ1) is 18.0. The number of nitrogens with one attached hydrogen (secondary N) is 1. The van der Waals surface area contributed by atoms with Crippen LogP contribution in [0, 0.1) is 10.1 Å². The Morgan fingerprint density at radius 1 is 1.16 bits per heavy atom. The van der Waals surface area contributed by atoms with Crippen molar-refractivity contribution in [2.24, 2.45) is 0 Å². The SMILES string of the molecule is O=[N+]([O-])c1cc(Cl)c(NCc2ccc(CN3CCOCC3)o2)c(Cl)c1. The van der Waals surface area contributed by atoms with Crippen LogP contribution in [0.5, 0.6) is 0 Å². The molecule has 1 aromatic heterocycles. The number of benzene rings is 1. The van der Waals surface area contributed by atoms with Gasteiger partial charge < -0.3 is 14.5 Å². The molecule has 1 aliphatic heterocycles. The minimum Gasteiger partial charge on any atom is -0.463 e. The number of hydrogen-bond donors (Lipinski definition) is 1. The third-order valence-electron chi connectivity index (χ3n) is 3.88. The molecule has 0 bridgehead atoms. The van der Waals surface area contributed by atoms with Crippen molar-refractivity contribution in [2.45, 2.75) is 13.1 Å². The van der Waals surface area contributed by atoms with Gasteiger partial charge in [-0.3, -0.25) is 15.0 Å². The van der Waals surface area contributed by atoms with Gasteiger partial charge in [0.15, 0.2) is 0 Å². The van der Waals surface area contributed by atoms with Gasteiger partial charge in [-0.2, -0.15) is 0 Å². The lowest BCUT2D eigenvalue weighted by Crippen LogP contribution is -2.35. The number of anilines is 1. The highest BCUT2D eigenvalue weighted by molar-refractivity contribution is 6.39. The molecule has 134 valence electrons. The minimum atomic E-state index is -0.536. The molecule has 2 aromatic rings. The minimum absolute atomic E-state index is 0.147. The van der Waals surface area contributed by atoms with E-state index in [1.165, 1.54) is 12.1 Å². The number of nitro groups is 1. The Balaban J connectivity index is 1.61. The number of rotatable bonds is 6. The van der Waals surface area contributed by atoms with Crippen LogP contribution in [0.2, 0.25) is 10.0 Å². The Labute approximate surface area is 154 Å². The Morgan fingerprint density at radius 2 is 1.80 bits per heavy atom. The van der Waals surface area contributed by atoms with Crippen LogP contribution < -0.4 is 5.32 Å². The predicted molar refractivity (Wildman–Crippen MR) is 95.2 cm³/mol. The molecule has 0 saturated carbocycles. The Morgan fingerprint density at radius 3 is 2.44 bits per heavy atom. The zero-order valence-corrected chi connectivity index (χ0v) is 14.8. The maximum atomic E-state index is 10.8. The van der Waals surface area contributed by atoms with E-state index in [1.54, 1.807) is 0 Å². The van der Waals surface area contributed by atoms with Gasteiger partial charge >= 0.3 is 0 Å². The fourth-order valence-corrected chi connectivity index (χ4v) is 3.20. The maximum Gasteiger partial charge on any atom is 0.272 e. The molecule has 2 heterocycles. The smallest absolute Gasteiger partial charge is 0.272 e. The molecule has 1 aromatic carbocycles. The topological polar surface area (TPSA) is 80.8 Å². The van der Waals surface area contributed by atoms with Crippen LogP contribution >= 0.6 is 23.2 Å². The summed E-state index contributed by atoms with van der Waals surface area (Å²) in [4.78, 5) is 12.5. The monoisotopic (exact) mass is 385 g/mol. The van der Waals surface area contributed by atoms with Crippen molar-refractivity contribution in [2.75, 3.05) is 31.6 Å². The van der Waals surface area contributed by atoms with E-state index in [4.69, 9.17) is 32.4 Å². The second-order valence-electron chi connectivity index (χ2n) is 5.65. The number of furan rings is 1. The number of ether oxygens (including phenoxy) is 1. The Hall–Kier alpha value is -1.80. The number of morpholine rings is 1. The molecule has 7 nitrogen and oxygen atoms in total. The van der Waals surface area contributed by atoms with Crippen LogP contribution in [0.4, 0.5) is 11.4 Å². The van der Waals surface area contributed by atoms with Crippen LogP contribution in [0.3, 0.4) is 0 Å². The molecule has 0 unspecified atom stereocenters. The highest BCUT2D eigenvalue weighted by Crippen LogP contribution is 2.35. The van der Waals surface area contributed by atoms with Crippen LogP contribution in [-0.4, -0.2) is 36.1 Å². The lowest BCUT2D eigenvalue weighted by atomic mass is 10.2. The Bertz CT molecular complexity index is 737. The molecular formula is C16H17Cl2N3O4. The lowest BCUT2D eigenvalue weighted by molar-refractivity contribution is -0.384.